The highest BCUT2D eigenvalue weighted by Crippen LogP contribution is 2.20. The van der Waals surface area contributed by atoms with Gasteiger partial charge in [0.2, 0.25) is 5.95 Å². The van der Waals surface area contributed by atoms with Crippen molar-refractivity contribution in [2.75, 3.05) is 5.73 Å². The Morgan fingerprint density at radius 1 is 1.24 bits per heavy atom. The van der Waals surface area contributed by atoms with Crippen LogP contribution in [0.4, 0.5) is 5.95 Å². The number of nitrogen functional groups attached to an aromatic ring is 1. The molecule has 0 aliphatic rings. The van der Waals surface area contributed by atoms with Gasteiger partial charge in [0.1, 0.15) is 4.60 Å². The highest BCUT2D eigenvalue weighted by atomic mass is 79.9. The van der Waals surface area contributed by atoms with E-state index >= 15 is 0 Å². The number of benzene rings is 1. The van der Waals surface area contributed by atoms with Gasteiger partial charge in [-0.2, -0.15) is 0 Å². The fourth-order valence-electron chi connectivity index (χ4n) is 1.81. The van der Waals surface area contributed by atoms with Gasteiger partial charge in [0, 0.05) is 7.05 Å². The fourth-order valence-corrected chi connectivity index (χ4v) is 2.45. The number of rotatable bonds is 3. The molecule has 0 radical (unpaired) electrons. The van der Waals surface area contributed by atoms with Gasteiger partial charge in [0.15, 0.2) is 0 Å². The van der Waals surface area contributed by atoms with Crippen LogP contribution in [-0.4, -0.2) is 9.55 Å². The molecule has 17 heavy (non-hydrogen) atoms. The molecule has 0 fully saturated rings. The standard InChI is InChI=1S/C13H16BrN3/c1-9-3-5-10(6-4-9)7-8-11-12(14)16-13(15)17(11)2/h3-6H,7-8H2,1-2H3,(H2,15,16). The predicted octanol–water partition coefficient (Wildman–Crippen LogP) is 2.86. The number of halogens is 1. The zero-order valence-electron chi connectivity index (χ0n) is 10.1. The quantitative estimate of drug-likeness (QED) is 0.946. The van der Waals surface area contributed by atoms with Crippen molar-refractivity contribution in [2.45, 2.75) is 19.8 Å². The molecule has 0 amide bonds. The van der Waals surface area contributed by atoms with Crippen molar-refractivity contribution in [3.8, 4) is 0 Å². The first-order valence-electron chi connectivity index (χ1n) is 5.60. The summed E-state index contributed by atoms with van der Waals surface area (Å²) >= 11 is 3.44. The summed E-state index contributed by atoms with van der Waals surface area (Å²) in [5.74, 6) is 0.552. The minimum absolute atomic E-state index is 0.552. The van der Waals surface area contributed by atoms with E-state index in [1.54, 1.807) is 0 Å². The lowest BCUT2D eigenvalue weighted by molar-refractivity contribution is 0.803. The molecule has 2 rings (SSSR count). The number of nitrogens with two attached hydrogens (primary N) is 1. The van der Waals surface area contributed by atoms with Crippen LogP contribution in [0.3, 0.4) is 0 Å². The SMILES string of the molecule is Cc1ccc(CCc2c(Br)nc(N)n2C)cc1. The van der Waals surface area contributed by atoms with Gasteiger partial charge in [0.05, 0.1) is 5.69 Å². The third kappa shape index (κ3) is 2.69. The number of hydrogen-bond acceptors (Lipinski definition) is 2. The van der Waals surface area contributed by atoms with Crippen LogP contribution < -0.4 is 5.73 Å². The van der Waals surface area contributed by atoms with Gasteiger partial charge in [-0.05, 0) is 41.3 Å². The maximum atomic E-state index is 5.75. The first-order chi connectivity index (χ1) is 8.08. The summed E-state index contributed by atoms with van der Waals surface area (Å²) in [5, 5.41) is 0. The Labute approximate surface area is 110 Å². The maximum Gasteiger partial charge on any atom is 0.201 e. The van der Waals surface area contributed by atoms with Crippen LogP contribution in [0.25, 0.3) is 0 Å². The molecule has 2 N–H and O–H groups in total. The molecule has 1 aromatic heterocycles. The fraction of sp³-hybridized carbons (Fsp3) is 0.308. The average molecular weight is 294 g/mol. The van der Waals surface area contributed by atoms with Crippen molar-refractivity contribution < 1.29 is 0 Å². The van der Waals surface area contributed by atoms with Gasteiger partial charge in [-0.25, -0.2) is 4.98 Å². The van der Waals surface area contributed by atoms with E-state index in [2.05, 4.69) is 52.1 Å². The smallest absolute Gasteiger partial charge is 0.201 e. The number of imidazole rings is 1. The normalized spacial score (nSPS) is 10.8. The Morgan fingerprint density at radius 2 is 1.88 bits per heavy atom. The Hall–Kier alpha value is -1.29. The predicted molar refractivity (Wildman–Crippen MR) is 73.9 cm³/mol. The minimum Gasteiger partial charge on any atom is -0.369 e. The van der Waals surface area contributed by atoms with Crippen molar-refractivity contribution in [1.82, 2.24) is 9.55 Å². The molecule has 0 atom stereocenters. The molecule has 2 aromatic rings. The first kappa shape index (κ1) is 12.2. The molecule has 0 spiro atoms. The molecule has 0 aliphatic carbocycles. The molecule has 0 aliphatic heterocycles. The molecule has 3 nitrogen and oxygen atoms in total. The van der Waals surface area contributed by atoms with Gasteiger partial charge in [-0.1, -0.05) is 29.8 Å². The second kappa shape index (κ2) is 4.92. The first-order valence-corrected chi connectivity index (χ1v) is 6.39. The third-order valence-electron chi connectivity index (χ3n) is 2.97. The van der Waals surface area contributed by atoms with Gasteiger partial charge < -0.3 is 10.3 Å². The molecule has 0 saturated carbocycles. The van der Waals surface area contributed by atoms with Crippen molar-refractivity contribution in [1.29, 1.82) is 0 Å². The molecule has 90 valence electrons. The van der Waals surface area contributed by atoms with E-state index in [0.717, 1.165) is 23.1 Å². The zero-order valence-corrected chi connectivity index (χ0v) is 11.7. The summed E-state index contributed by atoms with van der Waals surface area (Å²) in [7, 11) is 1.94. The molecule has 0 bridgehead atoms. The van der Waals surface area contributed by atoms with Crippen LogP contribution in [0.2, 0.25) is 0 Å². The zero-order chi connectivity index (χ0) is 12.4. The Morgan fingerprint density at radius 3 is 2.41 bits per heavy atom. The van der Waals surface area contributed by atoms with E-state index in [0.29, 0.717) is 5.95 Å². The van der Waals surface area contributed by atoms with Gasteiger partial charge in [-0.15, -0.1) is 0 Å². The summed E-state index contributed by atoms with van der Waals surface area (Å²) < 4.78 is 2.78. The van der Waals surface area contributed by atoms with Crippen molar-refractivity contribution in [3.05, 3.63) is 45.7 Å². The molecule has 1 heterocycles. The number of aryl methyl sites for hydroxylation is 2. The summed E-state index contributed by atoms with van der Waals surface area (Å²) in [6.07, 6.45) is 1.93. The van der Waals surface area contributed by atoms with E-state index < -0.39 is 0 Å². The van der Waals surface area contributed by atoms with E-state index in [-0.39, 0.29) is 0 Å². The Bertz CT molecular complexity index is 514. The Balaban J connectivity index is 2.09. The monoisotopic (exact) mass is 293 g/mol. The van der Waals surface area contributed by atoms with Gasteiger partial charge >= 0.3 is 0 Å². The minimum atomic E-state index is 0.552. The van der Waals surface area contributed by atoms with Gasteiger partial charge in [0.25, 0.3) is 0 Å². The Kier molecular flexibility index (Phi) is 3.52. The van der Waals surface area contributed by atoms with Crippen LogP contribution >= 0.6 is 15.9 Å². The maximum absolute atomic E-state index is 5.75. The van der Waals surface area contributed by atoms with Crippen LogP contribution in [0.1, 0.15) is 16.8 Å². The van der Waals surface area contributed by atoms with E-state index in [9.17, 15) is 0 Å². The topological polar surface area (TPSA) is 43.8 Å². The lowest BCUT2D eigenvalue weighted by atomic mass is 10.1. The molecule has 1 aromatic carbocycles. The molecule has 0 saturated heterocycles. The molecule has 0 unspecified atom stereocenters. The summed E-state index contributed by atoms with van der Waals surface area (Å²) in [6, 6.07) is 8.62. The lowest BCUT2D eigenvalue weighted by Crippen LogP contribution is -2.03. The molecular formula is C13H16BrN3. The van der Waals surface area contributed by atoms with Crippen molar-refractivity contribution >= 4 is 21.9 Å². The van der Waals surface area contributed by atoms with Gasteiger partial charge in [-0.3, -0.25) is 0 Å². The van der Waals surface area contributed by atoms with E-state index in [1.165, 1.54) is 11.1 Å². The third-order valence-corrected chi connectivity index (χ3v) is 3.61. The van der Waals surface area contributed by atoms with Crippen LogP contribution in [0.15, 0.2) is 28.9 Å². The number of anilines is 1. The highest BCUT2D eigenvalue weighted by Gasteiger charge is 2.10. The average Bonchev–Trinajstić information content (AvgIpc) is 2.54. The van der Waals surface area contributed by atoms with Crippen molar-refractivity contribution in [2.24, 2.45) is 7.05 Å². The highest BCUT2D eigenvalue weighted by molar-refractivity contribution is 9.10. The van der Waals surface area contributed by atoms with Crippen LogP contribution in [-0.2, 0) is 19.9 Å². The van der Waals surface area contributed by atoms with Crippen molar-refractivity contribution in [3.63, 3.8) is 0 Å². The second-order valence-corrected chi connectivity index (χ2v) is 5.00. The summed E-state index contributed by atoms with van der Waals surface area (Å²) in [6.45, 7) is 2.10. The number of aromatic nitrogens is 2. The van der Waals surface area contributed by atoms with Crippen LogP contribution in [0.5, 0.6) is 0 Å². The van der Waals surface area contributed by atoms with Crippen LogP contribution in [0, 0.1) is 6.92 Å². The molecule has 4 heteroatoms. The lowest BCUT2D eigenvalue weighted by Gasteiger charge is -2.05. The number of hydrogen-bond donors (Lipinski definition) is 1. The summed E-state index contributed by atoms with van der Waals surface area (Å²) in [4.78, 5) is 4.19. The second-order valence-electron chi connectivity index (χ2n) is 4.25. The van der Waals surface area contributed by atoms with E-state index in [1.807, 2.05) is 11.6 Å². The summed E-state index contributed by atoms with van der Waals surface area (Å²) in [5.41, 5.74) is 9.52. The molecular weight excluding hydrogens is 278 g/mol. The largest absolute Gasteiger partial charge is 0.369 e. The number of nitrogens with zero attached hydrogens (tertiary/aromatic N) is 2. The van der Waals surface area contributed by atoms with E-state index in [4.69, 9.17) is 5.73 Å².